The lowest BCUT2D eigenvalue weighted by Gasteiger charge is -2.07. The van der Waals surface area contributed by atoms with Crippen molar-refractivity contribution in [3.05, 3.63) is 30.7 Å². The summed E-state index contributed by atoms with van der Waals surface area (Å²) in [5.74, 6) is 0. The standard InChI is InChI=1S/C9H9N3O3S2/c10-8-6(16-9-12-4-5-15-9)2-1-3-7(8)17(11,13)14/h1-5H,10H2,(H2,11,13,14). The quantitative estimate of drug-likeness (QED) is 0.807. The number of sulfonamides is 1. The summed E-state index contributed by atoms with van der Waals surface area (Å²) in [7, 11) is -3.82. The molecule has 8 heteroatoms. The zero-order valence-electron chi connectivity index (χ0n) is 8.53. The largest absolute Gasteiger partial charge is 0.440 e. The maximum absolute atomic E-state index is 11.3. The van der Waals surface area contributed by atoms with Gasteiger partial charge in [-0.2, -0.15) is 0 Å². The molecular formula is C9H9N3O3S2. The second-order valence-corrected chi connectivity index (χ2v) is 5.64. The third kappa shape index (κ3) is 2.60. The number of primary sulfonamides is 1. The van der Waals surface area contributed by atoms with Crippen LogP contribution in [0.25, 0.3) is 0 Å². The van der Waals surface area contributed by atoms with Gasteiger partial charge in [-0.05, 0) is 23.9 Å². The normalized spacial score (nSPS) is 11.6. The second-order valence-electron chi connectivity index (χ2n) is 3.11. The highest BCUT2D eigenvalue weighted by molar-refractivity contribution is 7.99. The van der Waals surface area contributed by atoms with Crippen LogP contribution in [-0.4, -0.2) is 13.4 Å². The van der Waals surface area contributed by atoms with Gasteiger partial charge >= 0.3 is 0 Å². The molecular weight excluding hydrogens is 262 g/mol. The second kappa shape index (κ2) is 4.40. The van der Waals surface area contributed by atoms with Gasteiger partial charge in [0.25, 0.3) is 5.22 Å². The van der Waals surface area contributed by atoms with E-state index in [-0.39, 0.29) is 10.6 Å². The average Bonchev–Trinajstić information content (AvgIpc) is 2.72. The van der Waals surface area contributed by atoms with Crippen molar-refractivity contribution < 1.29 is 12.8 Å². The van der Waals surface area contributed by atoms with Crippen LogP contribution in [0.4, 0.5) is 5.69 Å². The Labute approximate surface area is 102 Å². The Morgan fingerprint density at radius 2 is 2.12 bits per heavy atom. The van der Waals surface area contributed by atoms with Crippen molar-refractivity contribution >= 4 is 27.5 Å². The van der Waals surface area contributed by atoms with Gasteiger partial charge in [0.05, 0.1) is 11.9 Å². The Morgan fingerprint density at radius 1 is 1.35 bits per heavy atom. The summed E-state index contributed by atoms with van der Waals surface area (Å²) >= 11 is 1.13. The number of nitrogen functional groups attached to an aromatic ring is 1. The average molecular weight is 271 g/mol. The van der Waals surface area contributed by atoms with E-state index in [9.17, 15) is 8.42 Å². The molecule has 4 N–H and O–H groups in total. The smallest absolute Gasteiger partial charge is 0.260 e. The molecule has 1 heterocycles. The molecule has 0 fully saturated rings. The molecule has 0 saturated carbocycles. The van der Waals surface area contributed by atoms with Gasteiger partial charge < -0.3 is 10.2 Å². The van der Waals surface area contributed by atoms with Crippen LogP contribution in [0.2, 0.25) is 0 Å². The first kappa shape index (κ1) is 12.0. The van der Waals surface area contributed by atoms with E-state index in [1.54, 1.807) is 12.1 Å². The maximum atomic E-state index is 11.3. The van der Waals surface area contributed by atoms with Gasteiger partial charge in [-0.1, -0.05) is 6.07 Å². The summed E-state index contributed by atoms with van der Waals surface area (Å²) < 4.78 is 27.5. The van der Waals surface area contributed by atoms with E-state index in [0.717, 1.165) is 11.8 Å². The van der Waals surface area contributed by atoms with Crippen molar-refractivity contribution in [2.75, 3.05) is 5.73 Å². The zero-order valence-corrected chi connectivity index (χ0v) is 10.2. The van der Waals surface area contributed by atoms with Crippen LogP contribution in [0.5, 0.6) is 0 Å². The minimum absolute atomic E-state index is 0.0956. The first-order valence-electron chi connectivity index (χ1n) is 4.47. The van der Waals surface area contributed by atoms with Gasteiger partial charge in [-0.25, -0.2) is 18.5 Å². The Hall–Kier alpha value is -1.51. The first-order chi connectivity index (χ1) is 7.98. The van der Waals surface area contributed by atoms with E-state index in [1.165, 1.54) is 18.5 Å². The highest BCUT2D eigenvalue weighted by Crippen LogP contribution is 2.33. The minimum atomic E-state index is -3.82. The van der Waals surface area contributed by atoms with Gasteiger partial charge in [0.15, 0.2) is 0 Å². The summed E-state index contributed by atoms with van der Waals surface area (Å²) in [4.78, 5) is 4.33. The summed E-state index contributed by atoms with van der Waals surface area (Å²) in [6, 6.07) is 4.57. The van der Waals surface area contributed by atoms with Crippen molar-refractivity contribution in [2.45, 2.75) is 15.0 Å². The number of oxazole rings is 1. The molecule has 2 aromatic rings. The third-order valence-corrected chi connectivity index (χ3v) is 3.86. The molecule has 0 aliphatic carbocycles. The monoisotopic (exact) mass is 271 g/mol. The minimum Gasteiger partial charge on any atom is -0.440 e. The molecule has 0 radical (unpaired) electrons. The number of nitrogens with zero attached hydrogens (tertiary/aromatic N) is 1. The van der Waals surface area contributed by atoms with Gasteiger partial charge in [-0.15, -0.1) is 0 Å². The van der Waals surface area contributed by atoms with E-state index in [1.807, 2.05) is 0 Å². The van der Waals surface area contributed by atoms with E-state index in [4.69, 9.17) is 15.3 Å². The van der Waals surface area contributed by atoms with E-state index in [0.29, 0.717) is 10.1 Å². The van der Waals surface area contributed by atoms with Crippen molar-refractivity contribution in [3.8, 4) is 0 Å². The first-order valence-corrected chi connectivity index (χ1v) is 6.83. The Kier molecular flexibility index (Phi) is 3.09. The van der Waals surface area contributed by atoms with Crippen LogP contribution < -0.4 is 10.9 Å². The van der Waals surface area contributed by atoms with Crippen molar-refractivity contribution in [1.82, 2.24) is 4.98 Å². The van der Waals surface area contributed by atoms with Gasteiger partial charge in [0.2, 0.25) is 10.0 Å². The van der Waals surface area contributed by atoms with Crippen LogP contribution in [0.15, 0.2) is 50.1 Å². The summed E-state index contributed by atoms with van der Waals surface area (Å²) in [5, 5.41) is 5.42. The van der Waals surface area contributed by atoms with Crippen LogP contribution in [0.3, 0.4) is 0 Å². The fourth-order valence-corrected chi connectivity index (χ4v) is 2.74. The number of rotatable bonds is 3. The number of hydrogen-bond acceptors (Lipinski definition) is 6. The molecule has 17 heavy (non-hydrogen) atoms. The molecule has 0 spiro atoms. The zero-order chi connectivity index (χ0) is 12.5. The molecule has 0 bridgehead atoms. The highest BCUT2D eigenvalue weighted by atomic mass is 32.2. The highest BCUT2D eigenvalue weighted by Gasteiger charge is 2.16. The molecule has 0 aliphatic rings. The topological polar surface area (TPSA) is 112 Å². The molecule has 1 aromatic heterocycles. The lowest BCUT2D eigenvalue weighted by Crippen LogP contribution is -2.14. The lowest BCUT2D eigenvalue weighted by atomic mass is 10.3. The summed E-state index contributed by atoms with van der Waals surface area (Å²) in [5.41, 5.74) is 5.83. The molecule has 0 unspecified atom stereocenters. The molecule has 0 atom stereocenters. The van der Waals surface area contributed by atoms with Crippen molar-refractivity contribution in [2.24, 2.45) is 5.14 Å². The fourth-order valence-electron chi connectivity index (χ4n) is 1.22. The predicted molar refractivity (Wildman–Crippen MR) is 62.9 cm³/mol. The van der Waals surface area contributed by atoms with Gasteiger partial charge in [0.1, 0.15) is 11.2 Å². The number of benzene rings is 1. The van der Waals surface area contributed by atoms with Crippen LogP contribution in [0.1, 0.15) is 0 Å². The van der Waals surface area contributed by atoms with Crippen molar-refractivity contribution in [3.63, 3.8) is 0 Å². The summed E-state index contributed by atoms with van der Waals surface area (Å²) in [6.07, 6.45) is 2.91. The maximum Gasteiger partial charge on any atom is 0.260 e. The Bertz CT molecular complexity index is 623. The number of para-hydroxylation sites is 1. The van der Waals surface area contributed by atoms with E-state index < -0.39 is 10.0 Å². The number of aromatic nitrogens is 1. The summed E-state index contributed by atoms with van der Waals surface area (Å²) in [6.45, 7) is 0. The van der Waals surface area contributed by atoms with Gasteiger partial charge in [0, 0.05) is 4.90 Å². The number of nitrogens with two attached hydrogens (primary N) is 2. The molecule has 1 aromatic carbocycles. The third-order valence-electron chi connectivity index (χ3n) is 1.94. The van der Waals surface area contributed by atoms with E-state index in [2.05, 4.69) is 4.98 Å². The Morgan fingerprint density at radius 3 is 2.71 bits per heavy atom. The van der Waals surface area contributed by atoms with Crippen LogP contribution in [0, 0.1) is 0 Å². The molecule has 6 nitrogen and oxygen atoms in total. The van der Waals surface area contributed by atoms with Crippen molar-refractivity contribution in [1.29, 1.82) is 0 Å². The number of anilines is 1. The SMILES string of the molecule is Nc1c(Sc2ncco2)cccc1S(N)(=O)=O. The lowest BCUT2D eigenvalue weighted by molar-refractivity contribution is 0.454. The molecule has 0 amide bonds. The Balaban J connectivity index is 2.43. The molecule has 90 valence electrons. The molecule has 2 rings (SSSR count). The van der Waals surface area contributed by atoms with Gasteiger partial charge in [-0.3, -0.25) is 0 Å². The molecule has 0 saturated heterocycles. The van der Waals surface area contributed by atoms with E-state index >= 15 is 0 Å². The van der Waals surface area contributed by atoms with Crippen LogP contribution >= 0.6 is 11.8 Å². The fraction of sp³-hybridized carbons (Fsp3) is 0. The predicted octanol–water partition coefficient (Wildman–Crippen LogP) is 1.06. The van der Waals surface area contributed by atoms with Crippen LogP contribution in [-0.2, 0) is 10.0 Å². The number of hydrogen-bond donors (Lipinski definition) is 2. The molecule has 0 aliphatic heterocycles.